The highest BCUT2D eigenvalue weighted by atomic mass is 16.3. The van der Waals surface area contributed by atoms with Crippen LogP contribution in [0.2, 0.25) is 0 Å². The zero-order valence-corrected chi connectivity index (χ0v) is 14.5. The average molecular weight is 361 g/mol. The van der Waals surface area contributed by atoms with E-state index in [-0.39, 0.29) is 5.43 Å². The lowest BCUT2D eigenvalue weighted by Gasteiger charge is -2.04. The molecule has 0 radical (unpaired) electrons. The smallest absolute Gasteiger partial charge is 0.200 e. The summed E-state index contributed by atoms with van der Waals surface area (Å²) in [4.78, 5) is 21.9. The van der Waals surface area contributed by atoms with Gasteiger partial charge in [-0.1, -0.05) is 12.1 Å². The van der Waals surface area contributed by atoms with Gasteiger partial charge in [0.15, 0.2) is 0 Å². The summed E-state index contributed by atoms with van der Waals surface area (Å²) in [5.41, 5.74) is 4.23. The minimum absolute atomic E-state index is 0.00698. The Labute approximate surface area is 156 Å². The van der Waals surface area contributed by atoms with Crippen LogP contribution in [0.5, 0.6) is 0 Å². The standard InChI is InChI=1S/C23H11N3O2/c27-22-14-3-1-2-4-19(14)28-23-16(22)9-15-12-5-7-24-10-17(12)26-18-11-25-8-6-13(18)20(23)21(15)26/h1-11H. The molecule has 130 valence electrons. The highest BCUT2D eigenvalue weighted by Crippen LogP contribution is 2.42. The predicted molar refractivity (Wildman–Crippen MR) is 110 cm³/mol. The quantitative estimate of drug-likeness (QED) is 0.361. The van der Waals surface area contributed by atoms with Crippen LogP contribution in [0, 0.1) is 0 Å². The lowest BCUT2D eigenvalue weighted by atomic mass is 10.0. The minimum atomic E-state index is -0.00698. The zero-order valence-electron chi connectivity index (χ0n) is 14.5. The molecule has 0 fully saturated rings. The predicted octanol–water partition coefficient (Wildman–Crippen LogP) is 4.89. The first-order chi connectivity index (χ1) is 13.8. The largest absolute Gasteiger partial charge is 0.455 e. The Morgan fingerprint density at radius 1 is 0.786 bits per heavy atom. The number of hydrogen-bond acceptors (Lipinski definition) is 4. The van der Waals surface area contributed by atoms with Crippen molar-refractivity contribution in [2.75, 3.05) is 0 Å². The monoisotopic (exact) mass is 361 g/mol. The number of aromatic nitrogens is 3. The van der Waals surface area contributed by atoms with Gasteiger partial charge < -0.3 is 8.82 Å². The second-order valence-corrected chi connectivity index (χ2v) is 7.07. The van der Waals surface area contributed by atoms with E-state index in [4.69, 9.17) is 4.42 Å². The number of pyridine rings is 2. The topological polar surface area (TPSA) is 60.4 Å². The molecule has 5 heterocycles. The Kier molecular flexibility index (Phi) is 2.34. The van der Waals surface area contributed by atoms with Crippen molar-refractivity contribution in [3.8, 4) is 0 Å². The van der Waals surface area contributed by atoms with Gasteiger partial charge in [-0.05, 0) is 30.3 Å². The van der Waals surface area contributed by atoms with E-state index in [1.54, 1.807) is 12.4 Å². The van der Waals surface area contributed by atoms with Crippen molar-refractivity contribution in [1.82, 2.24) is 14.4 Å². The average Bonchev–Trinajstić information content (AvgIpc) is 3.25. The molecular formula is C23H11N3O2. The number of nitrogens with zero attached hydrogens (tertiary/aromatic N) is 3. The molecular weight excluding hydrogens is 350 g/mol. The van der Waals surface area contributed by atoms with E-state index in [9.17, 15) is 4.79 Å². The van der Waals surface area contributed by atoms with Crippen molar-refractivity contribution in [3.63, 3.8) is 0 Å². The molecule has 0 atom stereocenters. The van der Waals surface area contributed by atoms with Crippen LogP contribution in [0.1, 0.15) is 0 Å². The van der Waals surface area contributed by atoms with Crippen LogP contribution < -0.4 is 5.43 Å². The molecule has 7 aromatic rings. The molecule has 0 aliphatic rings. The Hall–Kier alpha value is -3.99. The molecule has 5 heteroatoms. The summed E-state index contributed by atoms with van der Waals surface area (Å²) in [6.07, 6.45) is 7.27. The third kappa shape index (κ3) is 1.48. The van der Waals surface area contributed by atoms with Crippen LogP contribution in [0.25, 0.3) is 60.0 Å². The molecule has 5 aromatic heterocycles. The molecule has 0 bridgehead atoms. The van der Waals surface area contributed by atoms with Crippen molar-refractivity contribution in [3.05, 3.63) is 77.5 Å². The number of fused-ring (bicyclic) bond motifs is 9. The molecule has 0 unspecified atom stereocenters. The second-order valence-electron chi connectivity index (χ2n) is 7.07. The first-order valence-electron chi connectivity index (χ1n) is 9.04. The molecule has 0 aliphatic carbocycles. The van der Waals surface area contributed by atoms with Crippen LogP contribution in [-0.2, 0) is 0 Å². The molecule has 0 aliphatic heterocycles. The van der Waals surface area contributed by atoms with Gasteiger partial charge in [-0.25, -0.2) is 0 Å². The number of hydrogen-bond donors (Lipinski definition) is 0. The Balaban J connectivity index is 1.95. The Morgan fingerprint density at radius 3 is 2.39 bits per heavy atom. The SMILES string of the molecule is O=c1c2ccccc2oc2c1cc1c3ccncc3n3c4cnccc4c2c13. The molecule has 0 amide bonds. The van der Waals surface area contributed by atoms with Gasteiger partial charge in [-0.15, -0.1) is 0 Å². The van der Waals surface area contributed by atoms with E-state index in [1.807, 2.05) is 54.9 Å². The zero-order chi connectivity index (χ0) is 18.4. The van der Waals surface area contributed by atoms with Crippen molar-refractivity contribution >= 4 is 60.0 Å². The minimum Gasteiger partial charge on any atom is -0.455 e. The third-order valence-corrected chi connectivity index (χ3v) is 5.71. The van der Waals surface area contributed by atoms with Gasteiger partial charge in [0.2, 0.25) is 5.43 Å². The van der Waals surface area contributed by atoms with Gasteiger partial charge in [0.1, 0.15) is 11.2 Å². The molecule has 2 aromatic carbocycles. The third-order valence-electron chi connectivity index (χ3n) is 5.71. The van der Waals surface area contributed by atoms with Crippen LogP contribution in [0.4, 0.5) is 0 Å². The highest BCUT2D eigenvalue weighted by Gasteiger charge is 2.22. The van der Waals surface area contributed by atoms with Crippen LogP contribution >= 0.6 is 0 Å². The second kappa shape index (κ2) is 4.64. The summed E-state index contributed by atoms with van der Waals surface area (Å²) in [5.74, 6) is 0. The van der Waals surface area contributed by atoms with Crippen LogP contribution in [0.3, 0.4) is 0 Å². The van der Waals surface area contributed by atoms with Crippen molar-refractivity contribution in [2.24, 2.45) is 0 Å². The van der Waals surface area contributed by atoms with E-state index in [0.29, 0.717) is 21.9 Å². The maximum atomic E-state index is 13.3. The van der Waals surface area contributed by atoms with Gasteiger partial charge in [-0.3, -0.25) is 14.8 Å². The maximum Gasteiger partial charge on any atom is 0.200 e. The fraction of sp³-hybridized carbons (Fsp3) is 0. The lowest BCUT2D eigenvalue weighted by Crippen LogP contribution is -2.01. The number of benzene rings is 2. The summed E-state index contributed by atoms with van der Waals surface area (Å²) in [7, 11) is 0. The summed E-state index contributed by atoms with van der Waals surface area (Å²) in [6, 6.07) is 13.3. The van der Waals surface area contributed by atoms with Crippen molar-refractivity contribution in [1.29, 1.82) is 0 Å². The summed E-state index contributed by atoms with van der Waals surface area (Å²) < 4.78 is 8.46. The number of para-hydroxylation sites is 1. The highest BCUT2D eigenvalue weighted by molar-refractivity contribution is 6.30. The van der Waals surface area contributed by atoms with Crippen molar-refractivity contribution < 1.29 is 4.42 Å². The maximum absolute atomic E-state index is 13.3. The lowest BCUT2D eigenvalue weighted by molar-refractivity contribution is 0.664. The molecule has 28 heavy (non-hydrogen) atoms. The molecule has 0 spiro atoms. The van der Waals surface area contributed by atoms with Crippen LogP contribution in [0.15, 0.2) is 76.5 Å². The first kappa shape index (κ1) is 14.1. The fourth-order valence-corrected chi connectivity index (χ4v) is 4.55. The van der Waals surface area contributed by atoms with E-state index >= 15 is 0 Å². The molecule has 0 saturated heterocycles. The Morgan fingerprint density at radius 2 is 1.54 bits per heavy atom. The van der Waals surface area contributed by atoms with Gasteiger partial charge in [-0.2, -0.15) is 0 Å². The fourth-order valence-electron chi connectivity index (χ4n) is 4.55. The molecule has 0 saturated carbocycles. The van der Waals surface area contributed by atoms with Crippen molar-refractivity contribution in [2.45, 2.75) is 0 Å². The summed E-state index contributed by atoms with van der Waals surface area (Å²) >= 11 is 0. The van der Waals surface area contributed by atoms with Crippen LogP contribution in [-0.4, -0.2) is 14.4 Å². The van der Waals surface area contributed by atoms with Gasteiger partial charge in [0, 0.05) is 28.6 Å². The van der Waals surface area contributed by atoms with E-state index in [1.165, 1.54) is 0 Å². The van der Waals surface area contributed by atoms with Gasteiger partial charge in [0.25, 0.3) is 0 Å². The normalized spacial score (nSPS) is 12.4. The van der Waals surface area contributed by atoms with Gasteiger partial charge in [0.05, 0.1) is 45.1 Å². The number of rotatable bonds is 0. The molecule has 7 rings (SSSR count). The van der Waals surface area contributed by atoms with Gasteiger partial charge >= 0.3 is 0 Å². The van der Waals surface area contributed by atoms with E-state index in [0.717, 1.165) is 38.1 Å². The van der Waals surface area contributed by atoms with E-state index in [2.05, 4.69) is 14.4 Å². The van der Waals surface area contributed by atoms with E-state index < -0.39 is 0 Å². The molecule has 5 nitrogen and oxygen atoms in total. The first-order valence-corrected chi connectivity index (χ1v) is 9.04. The summed E-state index contributed by atoms with van der Waals surface area (Å²) in [5, 5.41) is 5.25. The summed E-state index contributed by atoms with van der Waals surface area (Å²) in [6.45, 7) is 0. The Bertz CT molecular complexity index is 1790. The molecule has 0 N–H and O–H groups in total.